The van der Waals surface area contributed by atoms with Crippen molar-refractivity contribution in [1.82, 2.24) is 15.3 Å². The average Bonchev–Trinajstić information content (AvgIpc) is 2.81. The topological polar surface area (TPSA) is 84.1 Å². The lowest BCUT2D eigenvalue weighted by Crippen LogP contribution is -2.27. The lowest BCUT2D eigenvalue weighted by Gasteiger charge is -2.08. The molecule has 1 amide bonds. The van der Waals surface area contributed by atoms with Gasteiger partial charge in [0.05, 0.1) is 23.0 Å². The molecule has 2 aromatic rings. The van der Waals surface area contributed by atoms with Crippen LogP contribution in [-0.4, -0.2) is 40.9 Å². The molecule has 0 saturated heterocycles. The number of thioether (sulfide) groups is 1. The van der Waals surface area contributed by atoms with E-state index in [-0.39, 0.29) is 17.6 Å². The third-order valence-electron chi connectivity index (χ3n) is 3.65. The molecule has 0 atom stereocenters. The number of H-pyrrole nitrogens is 1. The molecule has 0 aliphatic rings. The fourth-order valence-corrected chi connectivity index (χ4v) is 4.05. The van der Waals surface area contributed by atoms with Gasteiger partial charge in [-0.15, -0.1) is 23.1 Å². The Morgan fingerprint density at radius 1 is 1.40 bits per heavy atom. The van der Waals surface area contributed by atoms with Crippen LogP contribution in [0.5, 0.6) is 0 Å². The first-order valence-corrected chi connectivity index (χ1v) is 10.3. The van der Waals surface area contributed by atoms with Crippen LogP contribution in [-0.2, 0) is 15.3 Å². The number of aromatic amines is 1. The second-order valence-corrected chi connectivity index (χ2v) is 8.28. The fraction of sp³-hybridized carbons (Fsp3) is 0.588. The molecule has 2 rings (SSSR count). The van der Waals surface area contributed by atoms with Gasteiger partial charge >= 0.3 is 0 Å². The molecule has 138 valence electrons. The number of ether oxygens (including phenoxy) is 1. The Labute approximate surface area is 155 Å². The zero-order valence-electron chi connectivity index (χ0n) is 15.1. The molecule has 2 heterocycles. The summed E-state index contributed by atoms with van der Waals surface area (Å²) in [6.45, 7) is 9.17. The first-order valence-electron chi connectivity index (χ1n) is 8.33. The maximum absolute atomic E-state index is 12.2. The Morgan fingerprint density at radius 2 is 2.16 bits per heavy atom. The molecular weight excluding hydrogens is 358 g/mol. The van der Waals surface area contributed by atoms with Crippen molar-refractivity contribution in [2.45, 2.75) is 46.0 Å². The van der Waals surface area contributed by atoms with Crippen LogP contribution in [0.4, 0.5) is 0 Å². The minimum atomic E-state index is -0.0999. The van der Waals surface area contributed by atoms with Crippen molar-refractivity contribution in [3.63, 3.8) is 0 Å². The van der Waals surface area contributed by atoms with Crippen molar-refractivity contribution >= 4 is 39.2 Å². The van der Waals surface area contributed by atoms with Crippen molar-refractivity contribution in [2.75, 3.05) is 18.9 Å². The molecule has 0 aromatic carbocycles. The number of aryl methyl sites for hydroxylation is 2. The van der Waals surface area contributed by atoms with Crippen LogP contribution < -0.4 is 10.9 Å². The lowest BCUT2D eigenvalue weighted by molar-refractivity contribution is -0.118. The summed E-state index contributed by atoms with van der Waals surface area (Å²) in [5.74, 6) is 1.45. The molecule has 0 unspecified atom stereocenters. The second kappa shape index (κ2) is 9.35. The molecule has 0 spiro atoms. The van der Waals surface area contributed by atoms with Crippen molar-refractivity contribution in [2.24, 2.45) is 0 Å². The Kier molecular flexibility index (Phi) is 7.46. The standard InChI is InChI=1S/C17H25N3O3S2/c1-10(2)23-7-5-6-18-14(21)9-24-8-13-19-16(22)15-11(3)12(4)25-17(15)20-13/h10H,5-9H2,1-4H3,(H,18,21)(H,19,20,22). The highest BCUT2D eigenvalue weighted by molar-refractivity contribution is 7.99. The Balaban J connectivity index is 1.77. The SMILES string of the molecule is Cc1sc2nc(CSCC(=O)NCCCOC(C)C)[nH]c(=O)c2c1C. The number of hydrogen-bond acceptors (Lipinski definition) is 6. The molecule has 0 bridgehead atoms. The van der Waals surface area contributed by atoms with Gasteiger partial charge < -0.3 is 15.0 Å². The third-order valence-corrected chi connectivity index (χ3v) is 5.70. The van der Waals surface area contributed by atoms with Crippen LogP contribution in [0.2, 0.25) is 0 Å². The van der Waals surface area contributed by atoms with Crippen molar-refractivity contribution < 1.29 is 9.53 Å². The Bertz CT molecular complexity index is 783. The molecule has 0 saturated carbocycles. The number of hydrogen-bond donors (Lipinski definition) is 2. The van der Waals surface area contributed by atoms with E-state index in [2.05, 4.69) is 15.3 Å². The van der Waals surface area contributed by atoms with Crippen molar-refractivity contribution in [1.29, 1.82) is 0 Å². The molecule has 8 heteroatoms. The van der Waals surface area contributed by atoms with E-state index in [0.717, 1.165) is 21.7 Å². The second-order valence-electron chi connectivity index (χ2n) is 6.09. The highest BCUT2D eigenvalue weighted by Gasteiger charge is 2.12. The van der Waals surface area contributed by atoms with Gasteiger partial charge in [0.1, 0.15) is 10.7 Å². The van der Waals surface area contributed by atoms with Crippen molar-refractivity contribution in [3.05, 3.63) is 26.6 Å². The van der Waals surface area contributed by atoms with Gasteiger partial charge in [-0.25, -0.2) is 4.98 Å². The van der Waals surface area contributed by atoms with E-state index < -0.39 is 0 Å². The molecular formula is C17H25N3O3S2. The molecule has 0 radical (unpaired) electrons. The Morgan fingerprint density at radius 3 is 2.88 bits per heavy atom. The zero-order chi connectivity index (χ0) is 18.4. The van der Waals surface area contributed by atoms with Gasteiger partial charge in [0, 0.05) is 18.0 Å². The van der Waals surface area contributed by atoms with Gasteiger partial charge in [-0.3, -0.25) is 9.59 Å². The fourth-order valence-electron chi connectivity index (χ4n) is 2.28. The number of thiophene rings is 1. The van der Waals surface area contributed by atoms with Gasteiger partial charge in [0.15, 0.2) is 0 Å². The minimum Gasteiger partial charge on any atom is -0.379 e. The van der Waals surface area contributed by atoms with E-state index in [1.807, 2.05) is 27.7 Å². The van der Waals surface area contributed by atoms with Gasteiger partial charge in [-0.05, 0) is 39.7 Å². The largest absolute Gasteiger partial charge is 0.379 e. The van der Waals surface area contributed by atoms with Crippen LogP contribution >= 0.6 is 23.1 Å². The number of nitrogens with one attached hydrogen (secondary N) is 2. The summed E-state index contributed by atoms with van der Waals surface area (Å²) in [5.41, 5.74) is 0.894. The van der Waals surface area contributed by atoms with E-state index >= 15 is 0 Å². The molecule has 0 fully saturated rings. The number of nitrogens with zero attached hydrogens (tertiary/aromatic N) is 1. The number of carbonyl (C=O) groups is 1. The summed E-state index contributed by atoms with van der Waals surface area (Å²) in [6, 6.07) is 0. The maximum Gasteiger partial charge on any atom is 0.259 e. The molecule has 0 aliphatic heterocycles. The number of aromatic nitrogens is 2. The first-order chi connectivity index (χ1) is 11.9. The lowest BCUT2D eigenvalue weighted by atomic mass is 10.2. The number of fused-ring (bicyclic) bond motifs is 1. The van der Waals surface area contributed by atoms with Crippen molar-refractivity contribution in [3.8, 4) is 0 Å². The normalized spacial score (nSPS) is 11.4. The summed E-state index contributed by atoms with van der Waals surface area (Å²) in [7, 11) is 0. The molecule has 6 nitrogen and oxygen atoms in total. The van der Waals surface area contributed by atoms with Gasteiger partial charge in [0.2, 0.25) is 5.91 Å². The van der Waals surface area contributed by atoms with Crippen LogP contribution in [0.25, 0.3) is 10.2 Å². The number of carbonyl (C=O) groups excluding carboxylic acids is 1. The van der Waals surface area contributed by atoms with E-state index in [9.17, 15) is 9.59 Å². The predicted octanol–water partition coefficient (Wildman–Crippen LogP) is 2.77. The van der Waals surface area contributed by atoms with Crippen LogP contribution in [0.15, 0.2) is 4.79 Å². The summed E-state index contributed by atoms with van der Waals surface area (Å²) in [4.78, 5) is 33.2. The average molecular weight is 384 g/mol. The highest BCUT2D eigenvalue weighted by Crippen LogP contribution is 2.26. The molecule has 2 aromatic heterocycles. The van der Waals surface area contributed by atoms with E-state index in [1.165, 1.54) is 23.1 Å². The number of amides is 1. The van der Waals surface area contributed by atoms with Gasteiger partial charge in [0.25, 0.3) is 5.56 Å². The maximum atomic E-state index is 12.2. The third kappa shape index (κ3) is 5.83. The summed E-state index contributed by atoms with van der Waals surface area (Å²) < 4.78 is 5.42. The Hall–Kier alpha value is -1.38. The van der Waals surface area contributed by atoms with Gasteiger partial charge in [-0.2, -0.15) is 0 Å². The quantitative estimate of drug-likeness (QED) is 0.651. The number of rotatable bonds is 9. The van der Waals surface area contributed by atoms with Gasteiger partial charge in [-0.1, -0.05) is 0 Å². The van der Waals surface area contributed by atoms with E-state index in [1.54, 1.807) is 0 Å². The van der Waals surface area contributed by atoms with Crippen LogP contribution in [0.1, 0.15) is 36.5 Å². The van der Waals surface area contributed by atoms with E-state index in [4.69, 9.17) is 4.74 Å². The summed E-state index contributed by atoms with van der Waals surface area (Å²) in [5, 5.41) is 3.54. The highest BCUT2D eigenvalue weighted by atomic mass is 32.2. The minimum absolute atomic E-state index is 0.0132. The summed E-state index contributed by atoms with van der Waals surface area (Å²) in [6.07, 6.45) is 1.02. The monoisotopic (exact) mass is 383 g/mol. The molecule has 0 aliphatic carbocycles. The zero-order valence-corrected chi connectivity index (χ0v) is 16.7. The first kappa shape index (κ1) is 19.9. The van der Waals surface area contributed by atoms with Crippen LogP contribution in [0.3, 0.4) is 0 Å². The molecule has 2 N–H and O–H groups in total. The predicted molar refractivity (Wildman–Crippen MR) is 105 cm³/mol. The van der Waals surface area contributed by atoms with Crippen LogP contribution in [0, 0.1) is 13.8 Å². The summed E-state index contributed by atoms with van der Waals surface area (Å²) >= 11 is 2.97. The van der Waals surface area contributed by atoms with E-state index in [0.29, 0.717) is 35.9 Å². The smallest absolute Gasteiger partial charge is 0.259 e. The molecule has 25 heavy (non-hydrogen) atoms.